The van der Waals surface area contributed by atoms with Crippen molar-refractivity contribution in [2.75, 3.05) is 6.61 Å². The van der Waals surface area contributed by atoms with Crippen LogP contribution in [0.5, 0.6) is 0 Å². The molecule has 0 saturated heterocycles. The van der Waals surface area contributed by atoms with E-state index in [1.54, 1.807) is 19.3 Å². The molecule has 0 spiro atoms. The highest BCUT2D eigenvalue weighted by atomic mass is 16.5. The first kappa shape index (κ1) is 14.9. The molecular weight excluding hydrogens is 244 g/mol. The molecule has 1 heteroatoms. The lowest BCUT2D eigenvalue weighted by Gasteiger charge is -2.41. The largest absolute Gasteiger partial charge is 0.378 e. The molecule has 4 unspecified atom stereocenters. The van der Waals surface area contributed by atoms with Gasteiger partial charge in [-0.3, -0.25) is 0 Å². The maximum atomic E-state index is 6.17. The number of hydrogen-bond donors (Lipinski definition) is 0. The van der Waals surface area contributed by atoms with E-state index in [1.165, 1.54) is 44.9 Å². The molecule has 0 aromatic rings. The van der Waals surface area contributed by atoms with E-state index < -0.39 is 0 Å². The van der Waals surface area contributed by atoms with Crippen LogP contribution in [0, 0.1) is 29.6 Å². The molecule has 3 saturated carbocycles. The Balaban J connectivity index is 1.52. The van der Waals surface area contributed by atoms with Gasteiger partial charge >= 0.3 is 0 Å². The minimum Gasteiger partial charge on any atom is -0.378 e. The Hall–Kier alpha value is -0.0400. The van der Waals surface area contributed by atoms with Crippen molar-refractivity contribution >= 4 is 0 Å². The summed E-state index contributed by atoms with van der Waals surface area (Å²) in [7, 11) is 0. The van der Waals surface area contributed by atoms with Crippen molar-refractivity contribution in [3.63, 3.8) is 0 Å². The highest BCUT2D eigenvalue weighted by molar-refractivity contribution is 4.91. The lowest BCUT2D eigenvalue weighted by atomic mass is 9.66. The zero-order chi connectivity index (χ0) is 13.9. The summed E-state index contributed by atoms with van der Waals surface area (Å²) < 4.78 is 6.17. The molecule has 116 valence electrons. The van der Waals surface area contributed by atoms with E-state index >= 15 is 0 Å². The summed E-state index contributed by atoms with van der Waals surface area (Å²) in [5.74, 6) is 4.95. The summed E-state index contributed by atoms with van der Waals surface area (Å²) in [5.41, 5.74) is 0. The van der Waals surface area contributed by atoms with Crippen LogP contribution in [0.1, 0.15) is 78.1 Å². The smallest absolute Gasteiger partial charge is 0.0578 e. The van der Waals surface area contributed by atoms with Gasteiger partial charge in [-0.1, -0.05) is 46.0 Å². The molecule has 3 rings (SSSR count). The number of ether oxygens (including phenoxy) is 1. The van der Waals surface area contributed by atoms with Gasteiger partial charge in [-0.15, -0.1) is 0 Å². The van der Waals surface area contributed by atoms with Crippen LogP contribution in [0.4, 0.5) is 0 Å². The van der Waals surface area contributed by atoms with Crippen LogP contribution in [-0.2, 0) is 4.74 Å². The summed E-state index contributed by atoms with van der Waals surface area (Å²) in [5, 5.41) is 0. The topological polar surface area (TPSA) is 9.23 Å². The van der Waals surface area contributed by atoms with Crippen LogP contribution in [-0.4, -0.2) is 12.7 Å². The molecule has 0 aliphatic heterocycles. The second-order valence-corrected chi connectivity index (χ2v) is 8.23. The fraction of sp³-hybridized carbons (Fsp3) is 1.00. The first-order valence-corrected chi connectivity index (χ1v) is 9.35. The molecule has 0 aromatic carbocycles. The molecule has 3 aliphatic carbocycles. The van der Waals surface area contributed by atoms with Gasteiger partial charge in [0.2, 0.25) is 0 Å². The van der Waals surface area contributed by atoms with Crippen LogP contribution >= 0.6 is 0 Å². The van der Waals surface area contributed by atoms with E-state index in [4.69, 9.17) is 4.74 Å². The molecule has 20 heavy (non-hydrogen) atoms. The van der Waals surface area contributed by atoms with Crippen LogP contribution in [0.15, 0.2) is 0 Å². The van der Waals surface area contributed by atoms with Gasteiger partial charge in [0.05, 0.1) is 6.10 Å². The predicted molar refractivity (Wildman–Crippen MR) is 84.7 cm³/mol. The molecule has 0 N–H and O–H groups in total. The summed E-state index contributed by atoms with van der Waals surface area (Å²) in [6, 6.07) is 0. The van der Waals surface area contributed by atoms with Gasteiger partial charge in [-0.2, -0.15) is 0 Å². The predicted octanol–water partition coefficient (Wildman–Crippen LogP) is 5.43. The van der Waals surface area contributed by atoms with E-state index in [0.717, 1.165) is 30.3 Å². The first-order valence-electron chi connectivity index (χ1n) is 9.35. The zero-order valence-electron chi connectivity index (χ0n) is 13.7. The van der Waals surface area contributed by atoms with Gasteiger partial charge in [-0.05, 0) is 61.7 Å². The molecule has 4 atom stereocenters. The Bertz CT molecular complexity index is 294. The van der Waals surface area contributed by atoms with Crippen LogP contribution in [0.25, 0.3) is 0 Å². The third-order valence-corrected chi connectivity index (χ3v) is 6.32. The molecular formula is C19H34O. The molecule has 0 bridgehead atoms. The fourth-order valence-corrected chi connectivity index (χ4v) is 5.11. The van der Waals surface area contributed by atoms with Gasteiger partial charge in [0.1, 0.15) is 0 Å². The third kappa shape index (κ3) is 3.40. The molecule has 1 nitrogen and oxygen atoms in total. The second-order valence-electron chi connectivity index (χ2n) is 8.23. The molecule has 3 fully saturated rings. The highest BCUT2D eigenvalue weighted by Crippen LogP contribution is 2.50. The number of rotatable bonds is 5. The summed E-state index contributed by atoms with van der Waals surface area (Å²) >= 11 is 0. The summed E-state index contributed by atoms with van der Waals surface area (Å²) in [4.78, 5) is 0. The Labute approximate surface area is 125 Å². The van der Waals surface area contributed by atoms with E-state index in [1.807, 2.05) is 0 Å². The maximum Gasteiger partial charge on any atom is 0.0578 e. The lowest BCUT2D eigenvalue weighted by molar-refractivity contribution is -0.0168. The second kappa shape index (κ2) is 6.81. The van der Waals surface area contributed by atoms with E-state index in [-0.39, 0.29) is 0 Å². The Morgan fingerprint density at radius 1 is 0.800 bits per heavy atom. The fourth-order valence-electron chi connectivity index (χ4n) is 5.11. The Morgan fingerprint density at radius 3 is 2.05 bits per heavy atom. The molecule has 3 aliphatic rings. The van der Waals surface area contributed by atoms with Crippen LogP contribution < -0.4 is 0 Å². The van der Waals surface area contributed by atoms with Gasteiger partial charge in [0.15, 0.2) is 0 Å². The minimum absolute atomic E-state index is 0.582. The summed E-state index contributed by atoms with van der Waals surface area (Å²) in [6.45, 7) is 5.50. The van der Waals surface area contributed by atoms with Crippen molar-refractivity contribution in [1.82, 2.24) is 0 Å². The van der Waals surface area contributed by atoms with E-state index in [2.05, 4.69) is 13.8 Å². The zero-order valence-corrected chi connectivity index (χ0v) is 13.7. The first-order chi connectivity index (χ1) is 9.74. The van der Waals surface area contributed by atoms with Gasteiger partial charge < -0.3 is 4.74 Å². The minimum atomic E-state index is 0.582. The average Bonchev–Trinajstić information content (AvgIpc) is 2.84. The van der Waals surface area contributed by atoms with Crippen molar-refractivity contribution in [1.29, 1.82) is 0 Å². The molecule has 0 radical (unpaired) electrons. The SMILES string of the molecule is CC(C)COC1CCCC(C2CCCC2C2CCC2)C1. The van der Waals surface area contributed by atoms with Gasteiger partial charge in [-0.25, -0.2) is 0 Å². The van der Waals surface area contributed by atoms with Gasteiger partial charge in [0.25, 0.3) is 0 Å². The van der Waals surface area contributed by atoms with Crippen LogP contribution in [0.2, 0.25) is 0 Å². The molecule has 0 aromatic heterocycles. The highest BCUT2D eigenvalue weighted by Gasteiger charge is 2.41. The maximum absolute atomic E-state index is 6.17. The van der Waals surface area contributed by atoms with E-state index in [9.17, 15) is 0 Å². The monoisotopic (exact) mass is 278 g/mol. The van der Waals surface area contributed by atoms with Crippen molar-refractivity contribution < 1.29 is 4.74 Å². The van der Waals surface area contributed by atoms with Crippen molar-refractivity contribution in [3.05, 3.63) is 0 Å². The standard InChI is InChI=1S/C19H34O/c1-14(2)13-20-17-9-4-8-16(12-17)19-11-5-10-18(19)15-6-3-7-15/h14-19H,3-13H2,1-2H3. The Kier molecular flexibility index (Phi) is 5.07. The number of hydrogen-bond acceptors (Lipinski definition) is 1. The Morgan fingerprint density at radius 2 is 1.40 bits per heavy atom. The molecule has 0 heterocycles. The quantitative estimate of drug-likeness (QED) is 0.651. The normalized spacial score (nSPS) is 39.1. The van der Waals surface area contributed by atoms with Crippen molar-refractivity contribution in [3.8, 4) is 0 Å². The average molecular weight is 278 g/mol. The third-order valence-electron chi connectivity index (χ3n) is 6.32. The van der Waals surface area contributed by atoms with Gasteiger partial charge in [0, 0.05) is 6.61 Å². The molecule has 0 amide bonds. The van der Waals surface area contributed by atoms with Crippen molar-refractivity contribution in [2.24, 2.45) is 29.6 Å². The van der Waals surface area contributed by atoms with Crippen LogP contribution in [0.3, 0.4) is 0 Å². The van der Waals surface area contributed by atoms with Crippen molar-refractivity contribution in [2.45, 2.75) is 84.2 Å². The summed E-state index contributed by atoms with van der Waals surface area (Å²) in [6.07, 6.45) is 15.4. The van der Waals surface area contributed by atoms with E-state index in [0.29, 0.717) is 12.0 Å². The lowest BCUT2D eigenvalue weighted by Crippen LogP contribution is -2.33.